The van der Waals surface area contributed by atoms with Gasteiger partial charge in [0.1, 0.15) is 5.75 Å². The summed E-state index contributed by atoms with van der Waals surface area (Å²) in [5, 5.41) is 0. The molecular formula is C30H34N2O3. The highest BCUT2D eigenvalue weighted by Crippen LogP contribution is 2.22. The Balaban J connectivity index is 1.51. The first kappa shape index (κ1) is 25.9. The van der Waals surface area contributed by atoms with Crippen molar-refractivity contribution in [1.29, 1.82) is 0 Å². The van der Waals surface area contributed by atoms with Gasteiger partial charge in [-0.05, 0) is 86.1 Å². The van der Waals surface area contributed by atoms with Crippen LogP contribution in [0.5, 0.6) is 11.6 Å². The number of ether oxygens (including phenoxy) is 2. The molecule has 0 aliphatic heterocycles. The molecule has 0 fully saturated rings. The Bertz CT molecular complexity index is 1090. The molecule has 35 heavy (non-hydrogen) atoms. The van der Waals surface area contributed by atoms with Crippen molar-refractivity contribution in [2.75, 3.05) is 0 Å². The average Bonchev–Trinajstić information content (AvgIpc) is 2.90. The average molecular weight is 471 g/mol. The van der Waals surface area contributed by atoms with Gasteiger partial charge in [0, 0.05) is 5.56 Å². The molecule has 0 amide bonds. The quantitative estimate of drug-likeness (QED) is 0.111. The number of allylic oxidation sites excluding steroid dienone is 2. The van der Waals surface area contributed by atoms with Gasteiger partial charge in [-0.2, -0.15) is 0 Å². The zero-order chi connectivity index (χ0) is 24.9. The lowest BCUT2D eigenvalue weighted by Crippen LogP contribution is -2.09. The maximum atomic E-state index is 12.5. The van der Waals surface area contributed by atoms with Crippen LogP contribution in [0.15, 0.2) is 85.9 Å². The fourth-order valence-electron chi connectivity index (χ4n) is 3.38. The molecule has 0 N–H and O–H groups in total. The molecule has 5 nitrogen and oxygen atoms in total. The van der Waals surface area contributed by atoms with Gasteiger partial charge in [-0.1, -0.05) is 38.5 Å². The number of unbranched alkanes of at least 4 members (excludes halogenated alkanes) is 2. The van der Waals surface area contributed by atoms with Crippen molar-refractivity contribution < 1.29 is 14.3 Å². The predicted octanol–water partition coefficient (Wildman–Crippen LogP) is 7.59. The van der Waals surface area contributed by atoms with Crippen LogP contribution < -0.4 is 9.47 Å². The molecule has 1 atom stereocenters. The van der Waals surface area contributed by atoms with Crippen molar-refractivity contribution in [3.05, 3.63) is 97.0 Å². The molecule has 0 unspecified atom stereocenters. The second kappa shape index (κ2) is 13.9. The van der Waals surface area contributed by atoms with Crippen LogP contribution in [0.1, 0.15) is 61.9 Å². The Hall–Kier alpha value is -3.73. The maximum absolute atomic E-state index is 12.5. The maximum Gasteiger partial charge on any atom is 0.344 e. The summed E-state index contributed by atoms with van der Waals surface area (Å²) >= 11 is 0. The standard InChI is InChI=1S/C30H34N2O3/c1-4-6-7-8-11-24-12-14-26(15-13-24)30(33)35-29-22-31-28(21-32-29)25-16-18-27(19-17-25)34-20-9-10-23(3)5-2/h4,9,12-23H,1,5-8,10-11H2,2-3H3/t23-/m0/s1. The molecule has 0 spiro atoms. The second-order valence-electron chi connectivity index (χ2n) is 8.62. The molecule has 0 bridgehead atoms. The first-order valence-electron chi connectivity index (χ1n) is 12.2. The van der Waals surface area contributed by atoms with Gasteiger partial charge in [0.25, 0.3) is 0 Å². The number of hydrogen-bond acceptors (Lipinski definition) is 5. The summed E-state index contributed by atoms with van der Waals surface area (Å²) in [4.78, 5) is 21.1. The topological polar surface area (TPSA) is 61.3 Å². The van der Waals surface area contributed by atoms with Gasteiger partial charge in [-0.3, -0.25) is 0 Å². The summed E-state index contributed by atoms with van der Waals surface area (Å²) in [5.74, 6) is 1.13. The van der Waals surface area contributed by atoms with E-state index in [0.29, 0.717) is 17.2 Å². The highest BCUT2D eigenvalue weighted by Gasteiger charge is 2.10. The van der Waals surface area contributed by atoms with Crippen LogP contribution in [0.25, 0.3) is 11.3 Å². The molecule has 1 aromatic heterocycles. The van der Waals surface area contributed by atoms with Crippen molar-refractivity contribution in [1.82, 2.24) is 9.97 Å². The monoisotopic (exact) mass is 470 g/mol. The van der Waals surface area contributed by atoms with E-state index < -0.39 is 5.97 Å². The number of carbonyl (C=O) groups excluding carboxylic acids is 1. The summed E-state index contributed by atoms with van der Waals surface area (Å²) in [6, 6.07) is 15.1. The highest BCUT2D eigenvalue weighted by atomic mass is 16.5. The Kier molecular flexibility index (Phi) is 10.2. The number of nitrogens with zero attached hydrogens (tertiary/aromatic N) is 2. The SMILES string of the molecule is C=CCCCCc1ccc(C(=O)Oc2cnc(-c3ccc(OC=CC[C@@H](C)CC)cc3)cn2)cc1. The van der Waals surface area contributed by atoms with Crippen LogP contribution in [0.4, 0.5) is 0 Å². The van der Waals surface area contributed by atoms with Gasteiger partial charge in [-0.25, -0.2) is 14.8 Å². The Morgan fingerprint density at radius 2 is 1.80 bits per heavy atom. The summed E-state index contributed by atoms with van der Waals surface area (Å²) in [7, 11) is 0. The predicted molar refractivity (Wildman–Crippen MR) is 140 cm³/mol. The lowest BCUT2D eigenvalue weighted by Gasteiger charge is -2.06. The Morgan fingerprint density at radius 3 is 2.46 bits per heavy atom. The van der Waals surface area contributed by atoms with E-state index in [1.54, 1.807) is 24.6 Å². The molecule has 0 aliphatic rings. The fourth-order valence-corrected chi connectivity index (χ4v) is 3.38. The zero-order valence-corrected chi connectivity index (χ0v) is 20.7. The first-order chi connectivity index (χ1) is 17.1. The van der Waals surface area contributed by atoms with Crippen LogP contribution in [-0.4, -0.2) is 15.9 Å². The van der Waals surface area contributed by atoms with Crippen molar-refractivity contribution in [3.8, 4) is 22.9 Å². The normalized spacial score (nSPS) is 11.8. The molecular weight excluding hydrogens is 436 g/mol. The highest BCUT2D eigenvalue weighted by molar-refractivity contribution is 5.90. The Labute approximate surface area is 208 Å². The third-order valence-corrected chi connectivity index (χ3v) is 5.82. The number of carbonyl (C=O) groups is 1. The van der Waals surface area contributed by atoms with Crippen molar-refractivity contribution in [2.45, 2.75) is 52.4 Å². The lowest BCUT2D eigenvalue weighted by atomic mass is 10.1. The lowest BCUT2D eigenvalue weighted by molar-refractivity contribution is 0.0727. The van der Waals surface area contributed by atoms with Gasteiger partial charge in [-0.15, -0.1) is 6.58 Å². The number of aryl methyl sites for hydroxylation is 1. The molecule has 3 aromatic rings. The van der Waals surface area contributed by atoms with Crippen molar-refractivity contribution in [2.24, 2.45) is 5.92 Å². The third-order valence-electron chi connectivity index (χ3n) is 5.82. The van der Waals surface area contributed by atoms with Crippen LogP contribution in [0.3, 0.4) is 0 Å². The number of esters is 1. The number of rotatable bonds is 13. The van der Waals surface area contributed by atoms with Crippen LogP contribution in [-0.2, 0) is 6.42 Å². The molecule has 0 saturated heterocycles. The summed E-state index contributed by atoms with van der Waals surface area (Å²) < 4.78 is 11.0. The third kappa shape index (κ3) is 8.53. The summed E-state index contributed by atoms with van der Waals surface area (Å²) in [6.07, 6.45) is 15.2. The fraction of sp³-hybridized carbons (Fsp3) is 0.300. The summed E-state index contributed by atoms with van der Waals surface area (Å²) in [6.45, 7) is 8.15. The van der Waals surface area contributed by atoms with E-state index in [0.717, 1.165) is 49.8 Å². The van der Waals surface area contributed by atoms with E-state index in [9.17, 15) is 4.79 Å². The van der Waals surface area contributed by atoms with E-state index in [1.807, 2.05) is 48.6 Å². The van der Waals surface area contributed by atoms with Gasteiger partial charge >= 0.3 is 5.97 Å². The first-order valence-corrected chi connectivity index (χ1v) is 12.2. The van der Waals surface area contributed by atoms with Crippen LogP contribution in [0.2, 0.25) is 0 Å². The van der Waals surface area contributed by atoms with Gasteiger partial charge in [0.2, 0.25) is 5.88 Å². The molecule has 0 radical (unpaired) electrons. The van der Waals surface area contributed by atoms with Gasteiger partial charge in [0.15, 0.2) is 0 Å². The molecule has 5 heteroatoms. The van der Waals surface area contributed by atoms with E-state index >= 15 is 0 Å². The van der Waals surface area contributed by atoms with E-state index in [2.05, 4.69) is 30.4 Å². The largest absolute Gasteiger partial charge is 0.465 e. The molecule has 2 aromatic carbocycles. The van der Waals surface area contributed by atoms with E-state index in [-0.39, 0.29) is 5.88 Å². The van der Waals surface area contributed by atoms with Crippen LogP contribution in [0, 0.1) is 5.92 Å². The smallest absolute Gasteiger partial charge is 0.344 e. The summed E-state index contributed by atoms with van der Waals surface area (Å²) in [5.41, 5.74) is 3.27. The minimum Gasteiger partial charge on any atom is -0.465 e. The van der Waals surface area contributed by atoms with E-state index in [4.69, 9.17) is 9.47 Å². The van der Waals surface area contributed by atoms with Gasteiger partial charge < -0.3 is 9.47 Å². The zero-order valence-electron chi connectivity index (χ0n) is 20.7. The van der Waals surface area contributed by atoms with Crippen LogP contribution >= 0.6 is 0 Å². The van der Waals surface area contributed by atoms with Crippen molar-refractivity contribution in [3.63, 3.8) is 0 Å². The molecule has 0 saturated carbocycles. The molecule has 1 heterocycles. The number of aromatic nitrogens is 2. The minimum absolute atomic E-state index is 0.165. The number of benzene rings is 2. The minimum atomic E-state index is -0.451. The molecule has 182 valence electrons. The Morgan fingerprint density at radius 1 is 1.03 bits per heavy atom. The van der Waals surface area contributed by atoms with E-state index in [1.165, 1.54) is 11.8 Å². The van der Waals surface area contributed by atoms with Gasteiger partial charge in [0.05, 0.1) is 29.9 Å². The second-order valence-corrected chi connectivity index (χ2v) is 8.62. The van der Waals surface area contributed by atoms with Crippen molar-refractivity contribution >= 4 is 5.97 Å². The molecule has 0 aliphatic carbocycles. The molecule has 3 rings (SSSR count). The number of hydrogen-bond donors (Lipinski definition) is 0.